The molecule has 84 valence electrons. The minimum atomic E-state index is -0.421. The van der Waals surface area contributed by atoms with E-state index in [0.29, 0.717) is 19.0 Å². The van der Waals surface area contributed by atoms with E-state index >= 15 is 0 Å². The molecule has 1 unspecified atom stereocenters. The van der Waals surface area contributed by atoms with Crippen molar-refractivity contribution >= 4 is 5.91 Å². The van der Waals surface area contributed by atoms with Gasteiger partial charge in [-0.3, -0.25) is 4.79 Å². The van der Waals surface area contributed by atoms with E-state index < -0.39 is 6.10 Å². The number of aliphatic hydroxyl groups is 1. The van der Waals surface area contributed by atoms with Gasteiger partial charge in [-0.15, -0.1) is 0 Å². The van der Waals surface area contributed by atoms with E-state index in [4.69, 9.17) is 5.11 Å². The normalized spacial score (nSPS) is 15.3. The van der Waals surface area contributed by atoms with Crippen molar-refractivity contribution in [2.24, 2.45) is 5.92 Å². The van der Waals surface area contributed by atoms with Crippen LogP contribution in [0.3, 0.4) is 0 Å². The van der Waals surface area contributed by atoms with E-state index in [1.54, 1.807) is 13.8 Å². The first-order valence-electron chi connectivity index (χ1n) is 5.12. The molecule has 0 aliphatic rings. The second-order valence-electron chi connectivity index (χ2n) is 4.12. The average molecular weight is 202 g/mol. The summed E-state index contributed by atoms with van der Waals surface area (Å²) >= 11 is 0. The van der Waals surface area contributed by atoms with Crippen molar-refractivity contribution in [3.63, 3.8) is 0 Å². The van der Waals surface area contributed by atoms with Gasteiger partial charge in [0.25, 0.3) is 0 Å². The summed E-state index contributed by atoms with van der Waals surface area (Å²) in [4.78, 5) is 11.4. The van der Waals surface area contributed by atoms with Gasteiger partial charge in [-0.05, 0) is 19.8 Å². The van der Waals surface area contributed by atoms with Crippen LogP contribution >= 0.6 is 0 Å². The van der Waals surface area contributed by atoms with Crippen LogP contribution in [-0.2, 0) is 4.79 Å². The first-order valence-corrected chi connectivity index (χ1v) is 5.12. The Morgan fingerprint density at radius 1 is 1.21 bits per heavy atom. The van der Waals surface area contributed by atoms with E-state index in [2.05, 4.69) is 10.6 Å². The molecule has 0 aliphatic carbocycles. The zero-order valence-corrected chi connectivity index (χ0v) is 9.50. The molecule has 14 heavy (non-hydrogen) atoms. The zero-order valence-electron chi connectivity index (χ0n) is 9.50. The highest BCUT2D eigenvalue weighted by Crippen LogP contribution is 1.89. The maximum Gasteiger partial charge on any atom is 0.236 e. The SMILES string of the molecule is CC(C)CNC(=O)C(C)NC[C@H](C)O. The van der Waals surface area contributed by atoms with Gasteiger partial charge in [0.1, 0.15) is 0 Å². The fourth-order valence-corrected chi connectivity index (χ4v) is 0.898. The lowest BCUT2D eigenvalue weighted by molar-refractivity contribution is -0.122. The molecule has 0 radical (unpaired) electrons. The van der Waals surface area contributed by atoms with E-state index in [1.807, 2.05) is 13.8 Å². The quantitative estimate of drug-likeness (QED) is 0.573. The molecule has 0 saturated heterocycles. The van der Waals surface area contributed by atoms with Crippen molar-refractivity contribution in [1.29, 1.82) is 0 Å². The monoisotopic (exact) mass is 202 g/mol. The molecule has 0 bridgehead atoms. The predicted octanol–water partition coefficient (Wildman–Crippen LogP) is 0.118. The lowest BCUT2D eigenvalue weighted by atomic mass is 10.2. The molecule has 0 aromatic rings. The van der Waals surface area contributed by atoms with E-state index in [0.717, 1.165) is 0 Å². The fourth-order valence-electron chi connectivity index (χ4n) is 0.898. The number of rotatable bonds is 6. The first kappa shape index (κ1) is 13.4. The maximum absolute atomic E-state index is 11.4. The van der Waals surface area contributed by atoms with Gasteiger partial charge >= 0.3 is 0 Å². The first-order chi connectivity index (χ1) is 6.43. The second-order valence-corrected chi connectivity index (χ2v) is 4.12. The molecule has 3 N–H and O–H groups in total. The smallest absolute Gasteiger partial charge is 0.236 e. The number of amides is 1. The van der Waals surface area contributed by atoms with Crippen LogP contribution in [0, 0.1) is 5.92 Å². The summed E-state index contributed by atoms with van der Waals surface area (Å²) in [6.07, 6.45) is -0.421. The number of nitrogens with one attached hydrogen (secondary N) is 2. The molecule has 0 heterocycles. The number of hydrogen-bond acceptors (Lipinski definition) is 3. The number of aliphatic hydroxyl groups excluding tert-OH is 1. The number of carbonyl (C=O) groups excluding carboxylic acids is 1. The molecule has 1 amide bonds. The third-order valence-electron chi connectivity index (χ3n) is 1.80. The van der Waals surface area contributed by atoms with Crippen LogP contribution in [0.4, 0.5) is 0 Å². The lowest BCUT2D eigenvalue weighted by Crippen LogP contribution is -2.45. The van der Waals surface area contributed by atoms with E-state index in [1.165, 1.54) is 0 Å². The van der Waals surface area contributed by atoms with Crippen molar-refractivity contribution in [3.05, 3.63) is 0 Å². The summed E-state index contributed by atoms with van der Waals surface area (Å²) in [7, 11) is 0. The van der Waals surface area contributed by atoms with Crippen LogP contribution in [0.2, 0.25) is 0 Å². The Morgan fingerprint density at radius 3 is 2.21 bits per heavy atom. The Hall–Kier alpha value is -0.610. The second kappa shape index (κ2) is 6.79. The minimum Gasteiger partial charge on any atom is -0.392 e. The van der Waals surface area contributed by atoms with Gasteiger partial charge in [0.05, 0.1) is 12.1 Å². The fraction of sp³-hybridized carbons (Fsp3) is 0.900. The van der Waals surface area contributed by atoms with Gasteiger partial charge in [-0.2, -0.15) is 0 Å². The highest BCUT2D eigenvalue weighted by Gasteiger charge is 2.12. The Bertz CT molecular complexity index is 170. The molecule has 2 atom stereocenters. The van der Waals surface area contributed by atoms with Gasteiger partial charge < -0.3 is 15.7 Å². The van der Waals surface area contributed by atoms with Crippen molar-refractivity contribution in [2.75, 3.05) is 13.1 Å². The van der Waals surface area contributed by atoms with Gasteiger partial charge in [0.2, 0.25) is 5.91 Å². The third-order valence-corrected chi connectivity index (χ3v) is 1.80. The summed E-state index contributed by atoms with van der Waals surface area (Å²) in [5.74, 6) is 0.447. The summed E-state index contributed by atoms with van der Waals surface area (Å²) in [5.41, 5.74) is 0. The number of carbonyl (C=O) groups is 1. The van der Waals surface area contributed by atoms with Crippen LogP contribution in [0.25, 0.3) is 0 Å². The van der Waals surface area contributed by atoms with Crippen LogP contribution in [-0.4, -0.2) is 36.2 Å². The van der Waals surface area contributed by atoms with Gasteiger partial charge in [0, 0.05) is 13.1 Å². The molecular weight excluding hydrogens is 180 g/mol. The summed E-state index contributed by atoms with van der Waals surface area (Å²) in [5, 5.41) is 14.8. The molecule has 0 fully saturated rings. The molecule has 0 aliphatic heterocycles. The Morgan fingerprint density at radius 2 is 1.79 bits per heavy atom. The highest BCUT2D eigenvalue weighted by molar-refractivity contribution is 5.81. The molecule has 4 nitrogen and oxygen atoms in total. The largest absolute Gasteiger partial charge is 0.392 e. The maximum atomic E-state index is 11.4. The van der Waals surface area contributed by atoms with Crippen molar-refractivity contribution in [2.45, 2.75) is 39.8 Å². The summed E-state index contributed by atoms with van der Waals surface area (Å²) in [6.45, 7) is 8.71. The molecule has 0 saturated carbocycles. The molecular formula is C10H22N2O2. The predicted molar refractivity (Wildman–Crippen MR) is 57.0 cm³/mol. The lowest BCUT2D eigenvalue weighted by Gasteiger charge is -2.15. The van der Waals surface area contributed by atoms with Crippen molar-refractivity contribution in [3.8, 4) is 0 Å². The molecule has 0 aromatic carbocycles. The van der Waals surface area contributed by atoms with Gasteiger partial charge in [-0.25, -0.2) is 0 Å². The van der Waals surface area contributed by atoms with Crippen molar-refractivity contribution < 1.29 is 9.90 Å². The molecule has 0 spiro atoms. The average Bonchev–Trinajstić information content (AvgIpc) is 2.09. The zero-order chi connectivity index (χ0) is 11.1. The van der Waals surface area contributed by atoms with Crippen LogP contribution in [0.5, 0.6) is 0 Å². The Kier molecular flexibility index (Phi) is 6.49. The van der Waals surface area contributed by atoms with Crippen LogP contribution < -0.4 is 10.6 Å². The summed E-state index contributed by atoms with van der Waals surface area (Å²) in [6, 6.07) is -0.247. The number of hydrogen-bond donors (Lipinski definition) is 3. The highest BCUT2D eigenvalue weighted by atomic mass is 16.3. The molecule has 4 heteroatoms. The molecule has 0 rings (SSSR count). The van der Waals surface area contributed by atoms with Gasteiger partial charge in [0.15, 0.2) is 0 Å². The minimum absolute atomic E-state index is 0.0145. The molecule has 0 aromatic heterocycles. The standard InChI is InChI=1S/C10H22N2O2/c1-7(2)5-12-10(14)9(4)11-6-8(3)13/h7-9,11,13H,5-6H2,1-4H3,(H,12,14)/t8-,9?/m0/s1. The van der Waals surface area contributed by atoms with E-state index in [-0.39, 0.29) is 11.9 Å². The third kappa shape index (κ3) is 6.86. The topological polar surface area (TPSA) is 61.4 Å². The Balaban J connectivity index is 3.65. The Labute approximate surface area is 86.1 Å². The van der Waals surface area contributed by atoms with Crippen LogP contribution in [0.1, 0.15) is 27.7 Å². The van der Waals surface area contributed by atoms with Gasteiger partial charge in [-0.1, -0.05) is 13.8 Å². The van der Waals surface area contributed by atoms with Crippen LogP contribution in [0.15, 0.2) is 0 Å². The van der Waals surface area contributed by atoms with E-state index in [9.17, 15) is 4.79 Å². The van der Waals surface area contributed by atoms with Crippen molar-refractivity contribution in [1.82, 2.24) is 10.6 Å². The summed E-state index contributed by atoms with van der Waals surface area (Å²) < 4.78 is 0.